The number of ether oxygens (including phenoxy) is 2. The molecule has 23 heavy (non-hydrogen) atoms. The van der Waals surface area contributed by atoms with Crippen molar-refractivity contribution in [3.63, 3.8) is 0 Å². The van der Waals surface area contributed by atoms with Crippen molar-refractivity contribution in [1.82, 2.24) is 4.98 Å². The maximum Gasteiger partial charge on any atom is 0.214 e. The molecule has 0 aliphatic rings. The third kappa shape index (κ3) is 3.40. The molecule has 2 aromatic carbocycles. The van der Waals surface area contributed by atoms with Crippen LogP contribution in [0, 0.1) is 0 Å². The van der Waals surface area contributed by atoms with Crippen LogP contribution in [0.2, 0.25) is 0 Å². The second kappa shape index (κ2) is 6.62. The molecule has 0 amide bonds. The first-order chi connectivity index (χ1) is 11.2. The minimum absolute atomic E-state index is 0.118. The first kappa shape index (κ1) is 15.2. The van der Waals surface area contributed by atoms with E-state index in [2.05, 4.69) is 4.98 Å². The van der Waals surface area contributed by atoms with Crippen molar-refractivity contribution >= 4 is 33.4 Å². The lowest BCUT2D eigenvalue weighted by atomic mass is 10.1. The Balaban J connectivity index is 1.85. The lowest BCUT2D eigenvalue weighted by Gasteiger charge is -2.05. The molecule has 0 saturated heterocycles. The fraction of sp³-hybridized carbons (Fsp3) is 0.111. The average molecular weight is 325 g/mol. The highest BCUT2D eigenvalue weighted by Crippen LogP contribution is 2.24. The topological polar surface area (TPSA) is 48.4 Å². The molecule has 5 heteroatoms. The Morgan fingerprint density at radius 2 is 1.78 bits per heavy atom. The van der Waals surface area contributed by atoms with Crippen LogP contribution in [0.4, 0.5) is 0 Å². The Kier molecular flexibility index (Phi) is 4.39. The number of methoxy groups -OCH3 is 2. The summed E-state index contributed by atoms with van der Waals surface area (Å²) in [4.78, 5) is 16.7. The molecule has 0 spiro atoms. The molecule has 116 valence electrons. The van der Waals surface area contributed by atoms with Gasteiger partial charge < -0.3 is 9.47 Å². The highest BCUT2D eigenvalue weighted by molar-refractivity contribution is 7.20. The molecule has 0 fully saturated rings. The van der Waals surface area contributed by atoms with Gasteiger partial charge in [0.15, 0.2) is 5.01 Å². The molecule has 4 nitrogen and oxygen atoms in total. The van der Waals surface area contributed by atoms with E-state index < -0.39 is 0 Å². The van der Waals surface area contributed by atoms with Gasteiger partial charge in [-0.1, -0.05) is 18.2 Å². The fourth-order valence-corrected chi connectivity index (χ4v) is 3.03. The minimum atomic E-state index is -0.118. The van der Waals surface area contributed by atoms with E-state index in [-0.39, 0.29) is 5.78 Å². The van der Waals surface area contributed by atoms with Crippen LogP contribution in [-0.4, -0.2) is 25.0 Å². The van der Waals surface area contributed by atoms with Gasteiger partial charge >= 0.3 is 0 Å². The summed E-state index contributed by atoms with van der Waals surface area (Å²) in [6.45, 7) is 0. The summed E-state index contributed by atoms with van der Waals surface area (Å²) < 4.78 is 11.4. The zero-order valence-electron chi connectivity index (χ0n) is 12.8. The molecule has 3 aromatic rings. The molecule has 0 bridgehead atoms. The quantitative estimate of drug-likeness (QED) is 0.521. The van der Waals surface area contributed by atoms with Gasteiger partial charge in [-0.25, -0.2) is 4.98 Å². The number of carbonyl (C=O) groups is 1. The van der Waals surface area contributed by atoms with Gasteiger partial charge in [0.2, 0.25) is 5.78 Å². The molecule has 3 rings (SSSR count). The van der Waals surface area contributed by atoms with E-state index in [0.29, 0.717) is 16.5 Å². The SMILES string of the molecule is COc1cc(C=CC(=O)c2nc3ccccc3s2)cc(OC)c1. The van der Waals surface area contributed by atoms with E-state index >= 15 is 0 Å². The fourth-order valence-electron chi connectivity index (χ4n) is 2.15. The van der Waals surface area contributed by atoms with Gasteiger partial charge in [0, 0.05) is 6.07 Å². The lowest BCUT2D eigenvalue weighted by molar-refractivity contribution is 0.104. The van der Waals surface area contributed by atoms with Gasteiger partial charge in [-0.05, 0) is 35.9 Å². The Labute approximate surface area is 138 Å². The number of nitrogens with zero attached hydrogens (tertiary/aromatic N) is 1. The molecule has 0 unspecified atom stereocenters. The van der Waals surface area contributed by atoms with E-state index in [1.165, 1.54) is 17.4 Å². The number of rotatable bonds is 5. The van der Waals surface area contributed by atoms with Gasteiger partial charge in [-0.15, -0.1) is 11.3 Å². The standard InChI is InChI=1S/C18H15NO3S/c1-21-13-9-12(10-14(11-13)22-2)7-8-16(20)18-19-15-5-3-4-6-17(15)23-18/h3-11H,1-2H3. The van der Waals surface area contributed by atoms with Crippen molar-refractivity contribution < 1.29 is 14.3 Å². The molecule has 0 radical (unpaired) electrons. The summed E-state index contributed by atoms with van der Waals surface area (Å²) in [5.74, 6) is 1.24. The molecule has 0 N–H and O–H groups in total. The van der Waals surface area contributed by atoms with Gasteiger partial charge in [-0.2, -0.15) is 0 Å². The van der Waals surface area contributed by atoms with Crippen molar-refractivity contribution in [3.05, 3.63) is 59.1 Å². The monoisotopic (exact) mass is 325 g/mol. The Morgan fingerprint density at radius 3 is 2.43 bits per heavy atom. The normalized spacial score (nSPS) is 11.0. The third-order valence-corrected chi connectivity index (χ3v) is 4.36. The number of hydrogen-bond donors (Lipinski definition) is 0. The first-order valence-electron chi connectivity index (χ1n) is 7.00. The zero-order chi connectivity index (χ0) is 16.2. The van der Waals surface area contributed by atoms with E-state index in [9.17, 15) is 4.79 Å². The molecular formula is C18H15NO3S. The van der Waals surface area contributed by atoms with E-state index in [4.69, 9.17) is 9.47 Å². The Hall–Kier alpha value is -2.66. The smallest absolute Gasteiger partial charge is 0.214 e. The van der Waals surface area contributed by atoms with Crippen molar-refractivity contribution in [2.24, 2.45) is 0 Å². The summed E-state index contributed by atoms with van der Waals surface area (Å²) in [6.07, 6.45) is 3.26. The van der Waals surface area contributed by atoms with E-state index in [1.807, 2.05) is 36.4 Å². The average Bonchev–Trinajstić information content (AvgIpc) is 3.03. The molecule has 0 aliphatic carbocycles. The second-order valence-corrected chi connectivity index (χ2v) is 5.86. The lowest BCUT2D eigenvalue weighted by Crippen LogP contribution is -1.92. The van der Waals surface area contributed by atoms with E-state index in [1.54, 1.807) is 26.4 Å². The summed E-state index contributed by atoms with van der Waals surface area (Å²) in [6, 6.07) is 13.2. The third-order valence-electron chi connectivity index (χ3n) is 3.31. The summed E-state index contributed by atoms with van der Waals surface area (Å²) in [7, 11) is 3.18. The van der Waals surface area contributed by atoms with Crippen LogP contribution in [0.3, 0.4) is 0 Å². The molecule has 1 heterocycles. The molecule has 0 atom stereocenters. The maximum absolute atomic E-state index is 12.3. The second-order valence-electron chi connectivity index (χ2n) is 4.83. The molecule has 1 aromatic heterocycles. The predicted molar refractivity (Wildman–Crippen MR) is 92.5 cm³/mol. The van der Waals surface area contributed by atoms with Gasteiger partial charge in [0.25, 0.3) is 0 Å². The number of ketones is 1. The number of carbonyl (C=O) groups excluding carboxylic acids is 1. The van der Waals surface area contributed by atoms with Crippen LogP contribution in [0.15, 0.2) is 48.5 Å². The summed E-state index contributed by atoms with van der Waals surface area (Å²) in [5, 5.41) is 0.484. The molecule has 0 aliphatic heterocycles. The predicted octanol–water partition coefficient (Wildman–Crippen LogP) is 4.21. The molecule has 0 saturated carbocycles. The number of fused-ring (bicyclic) bond motifs is 1. The summed E-state index contributed by atoms with van der Waals surface area (Å²) >= 11 is 1.39. The number of thiazole rings is 1. The maximum atomic E-state index is 12.3. The van der Waals surface area contributed by atoms with Crippen LogP contribution in [-0.2, 0) is 0 Å². The van der Waals surface area contributed by atoms with Crippen LogP contribution in [0.5, 0.6) is 11.5 Å². The summed E-state index contributed by atoms with van der Waals surface area (Å²) in [5.41, 5.74) is 1.67. The van der Waals surface area contributed by atoms with E-state index in [0.717, 1.165) is 15.8 Å². The van der Waals surface area contributed by atoms with Crippen molar-refractivity contribution in [1.29, 1.82) is 0 Å². The number of hydrogen-bond acceptors (Lipinski definition) is 5. The zero-order valence-corrected chi connectivity index (χ0v) is 13.6. The van der Waals surface area contributed by atoms with Crippen molar-refractivity contribution in [2.75, 3.05) is 14.2 Å². The number of allylic oxidation sites excluding steroid dienone is 1. The van der Waals surface area contributed by atoms with Gasteiger partial charge in [0.1, 0.15) is 11.5 Å². The first-order valence-corrected chi connectivity index (χ1v) is 7.82. The number of benzene rings is 2. The van der Waals surface area contributed by atoms with Crippen LogP contribution in [0.25, 0.3) is 16.3 Å². The van der Waals surface area contributed by atoms with Gasteiger partial charge in [-0.3, -0.25) is 4.79 Å². The van der Waals surface area contributed by atoms with Crippen molar-refractivity contribution in [2.45, 2.75) is 0 Å². The highest BCUT2D eigenvalue weighted by atomic mass is 32.1. The van der Waals surface area contributed by atoms with Crippen LogP contribution in [0.1, 0.15) is 15.4 Å². The largest absolute Gasteiger partial charge is 0.497 e. The van der Waals surface area contributed by atoms with Crippen molar-refractivity contribution in [3.8, 4) is 11.5 Å². The van der Waals surface area contributed by atoms with Crippen LogP contribution >= 0.6 is 11.3 Å². The molecular weight excluding hydrogens is 310 g/mol. The Bertz CT molecular complexity index is 828. The highest BCUT2D eigenvalue weighted by Gasteiger charge is 2.09. The minimum Gasteiger partial charge on any atom is -0.497 e. The Morgan fingerprint density at radius 1 is 1.09 bits per heavy atom. The number of aromatic nitrogens is 1. The van der Waals surface area contributed by atoms with Gasteiger partial charge in [0.05, 0.1) is 24.4 Å². The van der Waals surface area contributed by atoms with Crippen LogP contribution < -0.4 is 9.47 Å². The number of para-hydroxylation sites is 1.